The molecule has 206 valence electrons. The second-order valence-electron chi connectivity index (χ2n) is 7.06. The maximum absolute atomic E-state index is 12.6. The SMILES string of the molecule is O=C(OCCC(O)(C(F)(F)F)C(F)(F)F)c1cccc(C(=O)OCCC(O)(C(F)(F)F)C(F)(F)F)c1. The Balaban J connectivity index is 2.85. The highest BCUT2D eigenvalue weighted by molar-refractivity contribution is 5.95. The van der Waals surface area contributed by atoms with Gasteiger partial charge in [0.05, 0.1) is 24.3 Å². The number of hydrogen-bond donors (Lipinski definition) is 2. The number of alkyl halides is 12. The van der Waals surface area contributed by atoms with Crippen LogP contribution in [0.4, 0.5) is 52.7 Å². The van der Waals surface area contributed by atoms with E-state index >= 15 is 0 Å². The minimum atomic E-state index is -6.17. The molecule has 2 N–H and O–H groups in total. The molecule has 0 spiro atoms. The molecular formula is C18H14F12O6. The normalized spacial score (nSPS) is 13.9. The standard InChI is InChI=1S/C18H14F12O6/c19-15(20,21)13(33,16(22,23)24)4-6-35-11(31)9-2-1-3-10(8-9)12(32)36-7-5-14(34,17(25,26)27)18(28,29)30/h1-3,8,33-34H,4-7H2. The first-order valence-electron chi connectivity index (χ1n) is 9.14. The number of ether oxygens (including phenoxy) is 2. The van der Waals surface area contributed by atoms with Gasteiger partial charge in [0.25, 0.3) is 11.2 Å². The summed E-state index contributed by atoms with van der Waals surface area (Å²) in [6.45, 7) is -3.20. The van der Waals surface area contributed by atoms with Crippen molar-refractivity contribution in [2.45, 2.75) is 48.7 Å². The Labute approximate surface area is 192 Å². The van der Waals surface area contributed by atoms with E-state index in [1.165, 1.54) is 0 Å². The maximum atomic E-state index is 12.6. The predicted molar refractivity (Wildman–Crippen MR) is 90.4 cm³/mol. The van der Waals surface area contributed by atoms with Crippen LogP contribution in [-0.4, -0.2) is 71.3 Å². The summed E-state index contributed by atoms with van der Waals surface area (Å²) in [5.41, 5.74) is -11.8. The van der Waals surface area contributed by atoms with Gasteiger partial charge in [0.15, 0.2) is 0 Å². The molecule has 0 aliphatic heterocycles. The first-order chi connectivity index (χ1) is 16.0. The molecule has 0 saturated heterocycles. The summed E-state index contributed by atoms with van der Waals surface area (Å²) in [7, 11) is 0. The first kappa shape index (κ1) is 31.3. The second-order valence-corrected chi connectivity index (χ2v) is 7.06. The zero-order valence-corrected chi connectivity index (χ0v) is 17.2. The summed E-state index contributed by atoms with van der Waals surface area (Å²) in [6, 6.07) is 3.12. The highest BCUT2D eigenvalue weighted by Crippen LogP contribution is 2.46. The van der Waals surface area contributed by atoms with Gasteiger partial charge in [-0.2, -0.15) is 52.7 Å². The summed E-state index contributed by atoms with van der Waals surface area (Å²) in [5.74, 6) is -3.19. The van der Waals surface area contributed by atoms with Crippen molar-refractivity contribution in [1.82, 2.24) is 0 Å². The van der Waals surface area contributed by atoms with E-state index in [0.717, 1.165) is 18.2 Å². The van der Waals surface area contributed by atoms with E-state index in [-0.39, 0.29) is 0 Å². The lowest BCUT2D eigenvalue weighted by Gasteiger charge is -2.32. The van der Waals surface area contributed by atoms with Crippen LogP contribution >= 0.6 is 0 Å². The van der Waals surface area contributed by atoms with Crippen molar-refractivity contribution in [3.63, 3.8) is 0 Å². The van der Waals surface area contributed by atoms with E-state index in [4.69, 9.17) is 10.2 Å². The van der Waals surface area contributed by atoms with Crippen molar-refractivity contribution >= 4 is 11.9 Å². The monoisotopic (exact) mass is 554 g/mol. The van der Waals surface area contributed by atoms with Gasteiger partial charge in [-0.05, 0) is 18.2 Å². The van der Waals surface area contributed by atoms with Crippen LogP contribution in [0.1, 0.15) is 33.6 Å². The molecule has 1 rings (SSSR count). The Morgan fingerprint density at radius 3 is 1.14 bits per heavy atom. The minimum Gasteiger partial charge on any atom is -0.462 e. The third-order valence-electron chi connectivity index (χ3n) is 4.60. The Bertz CT molecular complexity index is 833. The summed E-state index contributed by atoms with van der Waals surface area (Å²) in [5, 5.41) is 17.9. The fourth-order valence-corrected chi connectivity index (χ4v) is 2.41. The van der Waals surface area contributed by atoms with Gasteiger partial charge in [0.1, 0.15) is 0 Å². The third kappa shape index (κ3) is 6.71. The number of aliphatic hydroxyl groups is 2. The molecule has 0 aliphatic rings. The first-order valence-corrected chi connectivity index (χ1v) is 9.14. The van der Waals surface area contributed by atoms with Gasteiger partial charge in [-0.1, -0.05) is 6.07 Å². The van der Waals surface area contributed by atoms with E-state index in [9.17, 15) is 62.3 Å². The van der Waals surface area contributed by atoms with Crippen LogP contribution in [-0.2, 0) is 9.47 Å². The Kier molecular flexibility index (Phi) is 8.96. The van der Waals surface area contributed by atoms with E-state index in [2.05, 4.69) is 9.47 Å². The average Bonchev–Trinajstić information content (AvgIpc) is 2.70. The van der Waals surface area contributed by atoms with Crippen LogP contribution in [0.2, 0.25) is 0 Å². The molecule has 0 heterocycles. The highest BCUT2D eigenvalue weighted by atomic mass is 19.4. The number of carbonyl (C=O) groups excluding carboxylic acids is 2. The van der Waals surface area contributed by atoms with Crippen molar-refractivity contribution in [1.29, 1.82) is 0 Å². The van der Waals surface area contributed by atoms with Crippen LogP contribution in [0.15, 0.2) is 24.3 Å². The van der Waals surface area contributed by atoms with Crippen molar-refractivity contribution in [2.24, 2.45) is 0 Å². The van der Waals surface area contributed by atoms with E-state index in [0.29, 0.717) is 6.07 Å². The Hall–Kier alpha value is -2.76. The van der Waals surface area contributed by atoms with Crippen molar-refractivity contribution < 1.29 is 82.0 Å². The van der Waals surface area contributed by atoms with Gasteiger partial charge in [0, 0.05) is 12.8 Å². The topological polar surface area (TPSA) is 93.1 Å². The fourth-order valence-electron chi connectivity index (χ4n) is 2.41. The molecule has 1 aromatic carbocycles. The van der Waals surface area contributed by atoms with Crippen LogP contribution in [0.5, 0.6) is 0 Å². The molecule has 0 fully saturated rings. The van der Waals surface area contributed by atoms with Gasteiger partial charge in [-0.25, -0.2) is 9.59 Å². The smallest absolute Gasteiger partial charge is 0.426 e. The van der Waals surface area contributed by atoms with Gasteiger partial charge in [-0.15, -0.1) is 0 Å². The molecule has 6 nitrogen and oxygen atoms in total. The highest BCUT2D eigenvalue weighted by Gasteiger charge is 2.70. The van der Waals surface area contributed by atoms with Gasteiger partial charge in [0.2, 0.25) is 0 Å². The maximum Gasteiger partial charge on any atom is 0.426 e. The number of esters is 2. The molecule has 0 unspecified atom stereocenters. The molecule has 0 radical (unpaired) electrons. The molecule has 0 aliphatic carbocycles. The van der Waals surface area contributed by atoms with E-state index in [1.54, 1.807) is 0 Å². The lowest BCUT2D eigenvalue weighted by molar-refractivity contribution is -0.371. The lowest BCUT2D eigenvalue weighted by atomic mass is 9.99. The minimum absolute atomic E-state index is 0.560. The van der Waals surface area contributed by atoms with Crippen LogP contribution in [0.3, 0.4) is 0 Å². The number of hydrogen-bond acceptors (Lipinski definition) is 6. The van der Waals surface area contributed by atoms with Crippen LogP contribution in [0, 0.1) is 0 Å². The number of benzene rings is 1. The predicted octanol–water partition coefficient (Wildman–Crippen LogP) is 4.49. The van der Waals surface area contributed by atoms with E-state index in [1.807, 2.05) is 0 Å². The third-order valence-corrected chi connectivity index (χ3v) is 4.60. The summed E-state index contributed by atoms with van der Waals surface area (Å²) >= 11 is 0. The van der Waals surface area contributed by atoms with Gasteiger partial charge >= 0.3 is 36.6 Å². The van der Waals surface area contributed by atoms with Crippen molar-refractivity contribution in [3.8, 4) is 0 Å². The average molecular weight is 554 g/mol. The molecular weight excluding hydrogens is 540 g/mol. The zero-order chi connectivity index (χ0) is 28.4. The number of halogens is 12. The van der Waals surface area contributed by atoms with E-state index < -0.39 is 85.0 Å². The molecule has 36 heavy (non-hydrogen) atoms. The van der Waals surface area contributed by atoms with Gasteiger partial charge < -0.3 is 19.7 Å². The number of rotatable bonds is 8. The largest absolute Gasteiger partial charge is 0.462 e. The quantitative estimate of drug-likeness (QED) is 0.364. The summed E-state index contributed by atoms with van der Waals surface area (Å²) in [6.07, 6.45) is -29.0. The molecule has 0 aromatic heterocycles. The molecule has 0 amide bonds. The Morgan fingerprint density at radius 1 is 0.611 bits per heavy atom. The molecule has 0 saturated carbocycles. The lowest BCUT2D eigenvalue weighted by Crippen LogP contribution is -2.57. The summed E-state index contributed by atoms with van der Waals surface area (Å²) in [4.78, 5) is 23.7. The molecule has 0 atom stereocenters. The fraction of sp³-hybridized carbons (Fsp3) is 0.556. The van der Waals surface area contributed by atoms with Crippen molar-refractivity contribution in [2.75, 3.05) is 13.2 Å². The number of carbonyl (C=O) groups is 2. The molecule has 0 bridgehead atoms. The van der Waals surface area contributed by atoms with Crippen LogP contribution in [0.25, 0.3) is 0 Å². The van der Waals surface area contributed by atoms with Crippen molar-refractivity contribution in [3.05, 3.63) is 35.4 Å². The van der Waals surface area contributed by atoms with Crippen LogP contribution < -0.4 is 0 Å². The molecule has 18 heteroatoms. The summed E-state index contributed by atoms with van der Waals surface area (Å²) < 4.78 is 160. The zero-order valence-electron chi connectivity index (χ0n) is 17.2. The second kappa shape index (κ2) is 10.3. The molecule has 1 aromatic rings. The van der Waals surface area contributed by atoms with Gasteiger partial charge in [-0.3, -0.25) is 0 Å². The Morgan fingerprint density at radius 2 is 0.889 bits per heavy atom.